The lowest BCUT2D eigenvalue weighted by atomic mass is 10.1. The van der Waals surface area contributed by atoms with Gasteiger partial charge in [0.15, 0.2) is 11.5 Å². The maximum atomic E-state index is 12.8. The van der Waals surface area contributed by atoms with Crippen LogP contribution in [0.15, 0.2) is 42.5 Å². The fourth-order valence-electron chi connectivity index (χ4n) is 3.11. The molecule has 170 valence electrons. The van der Waals surface area contributed by atoms with Gasteiger partial charge in [0.05, 0.1) is 25.9 Å². The van der Waals surface area contributed by atoms with Crippen LogP contribution in [-0.2, 0) is 6.54 Å². The normalized spacial score (nSPS) is 10.7. The van der Waals surface area contributed by atoms with Gasteiger partial charge in [-0.05, 0) is 48.6 Å². The number of hydrogen-bond acceptors (Lipinski definition) is 4. The molecule has 31 heavy (non-hydrogen) atoms. The molecule has 0 aliphatic rings. The molecule has 0 saturated heterocycles. The van der Waals surface area contributed by atoms with Gasteiger partial charge >= 0.3 is 0 Å². The topological polar surface area (TPSA) is 56.8 Å². The van der Waals surface area contributed by atoms with Crippen molar-refractivity contribution in [3.8, 4) is 17.2 Å². The standard InChI is InChI=1S/C26H37NO4/c1-5-6-7-10-16-30-23-12-9-8-11-22(23)26(28)27-19-21-13-14-24(25(18-21)29-4)31-17-15-20(2)3/h8-9,11-14,18,20H,5-7,10,15-17,19H2,1-4H3,(H,27,28). The Hall–Kier alpha value is -2.69. The molecule has 0 spiro atoms. The molecule has 1 N–H and O–H groups in total. The molecular weight excluding hydrogens is 390 g/mol. The van der Waals surface area contributed by atoms with Crippen LogP contribution in [0.4, 0.5) is 0 Å². The third kappa shape index (κ3) is 8.52. The Morgan fingerprint density at radius 1 is 0.935 bits per heavy atom. The van der Waals surface area contributed by atoms with Crippen molar-refractivity contribution in [2.45, 2.75) is 59.4 Å². The van der Waals surface area contributed by atoms with Gasteiger partial charge in [0.25, 0.3) is 5.91 Å². The summed E-state index contributed by atoms with van der Waals surface area (Å²) in [6.07, 6.45) is 5.52. The summed E-state index contributed by atoms with van der Waals surface area (Å²) < 4.78 is 17.2. The molecule has 5 heteroatoms. The van der Waals surface area contributed by atoms with Crippen LogP contribution >= 0.6 is 0 Å². The number of nitrogens with one attached hydrogen (secondary N) is 1. The second kappa shape index (κ2) is 13.6. The molecule has 0 aliphatic heterocycles. The molecule has 2 aromatic rings. The molecule has 0 bridgehead atoms. The fraction of sp³-hybridized carbons (Fsp3) is 0.500. The quantitative estimate of drug-likeness (QED) is 0.375. The summed E-state index contributed by atoms with van der Waals surface area (Å²) in [7, 11) is 1.63. The van der Waals surface area contributed by atoms with E-state index in [4.69, 9.17) is 14.2 Å². The van der Waals surface area contributed by atoms with Crippen LogP contribution in [0.3, 0.4) is 0 Å². The van der Waals surface area contributed by atoms with Gasteiger partial charge in [0, 0.05) is 6.54 Å². The van der Waals surface area contributed by atoms with E-state index in [1.165, 1.54) is 12.8 Å². The van der Waals surface area contributed by atoms with Crippen LogP contribution in [0.2, 0.25) is 0 Å². The predicted molar refractivity (Wildman–Crippen MR) is 125 cm³/mol. The zero-order valence-electron chi connectivity index (χ0n) is 19.4. The highest BCUT2D eigenvalue weighted by atomic mass is 16.5. The number of methoxy groups -OCH3 is 1. The van der Waals surface area contributed by atoms with Crippen LogP contribution in [0.25, 0.3) is 0 Å². The Morgan fingerprint density at radius 3 is 2.45 bits per heavy atom. The SMILES string of the molecule is CCCCCCOc1ccccc1C(=O)NCc1ccc(OCCC(C)C)c(OC)c1. The average molecular weight is 428 g/mol. The first-order valence-corrected chi connectivity index (χ1v) is 11.3. The van der Waals surface area contributed by atoms with Gasteiger partial charge in [0.2, 0.25) is 0 Å². The third-order valence-corrected chi connectivity index (χ3v) is 5.02. The van der Waals surface area contributed by atoms with E-state index >= 15 is 0 Å². The molecule has 2 rings (SSSR count). The number of unbranched alkanes of at least 4 members (excludes halogenated alkanes) is 3. The number of carbonyl (C=O) groups is 1. The Morgan fingerprint density at radius 2 is 1.71 bits per heavy atom. The number of ether oxygens (including phenoxy) is 3. The van der Waals surface area contributed by atoms with Gasteiger partial charge in [-0.25, -0.2) is 0 Å². The molecule has 5 nitrogen and oxygen atoms in total. The largest absolute Gasteiger partial charge is 0.493 e. The molecule has 0 fully saturated rings. The molecule has 0 aromatic heterocycles. The highest BCUT2D eigenvalue weighted by Gasteiger charge is 2.13. The lowest BCUT2D eigenvalue weighted by Gasteiger charge is -2.14. The van der Waals surface area contributed by atoms with E-state index in [1.54, 1.807) is 13.2 Å². The maximum Gasteiger partial charge on any atom is 0.255 e. The van der Waals surface area contributed by atoms with Gasteiger partial charge < -0.3 is 19.5 Å². The number of benzene rings is 2. The lowest BCUT2D eigenvalue weighted by Crippen LogP contribution is -2.23. The van der Waals surface area contributed by atoms with E-state index < -0.39 is 0 Å². The second-order valence-corrected chi connectivity index (χ2v) is 8.10. The van der Waals surface area contributed by atoms with Crippen molar-refractivity contribution in [1.29, 1.82) is 0 Å². The highest BCUT2D eigenvalue weighted by Crippen LogP contribution is 2.28. The van der Waals surface area contributed by atoms with E-state index in [1.807, 2.05) is 36.4 Å². The van der Waals surface area contributed by atoms with Crippen molar-refractivity contribution in [1.82, 2.24) is 5.32 Å². The van der Waals surface area contributed by atoms with Crippen LogP contribution in [-0.4, -0.2) is 26.2 Å². The molecule has 0 unspecified atom stereocenters. The average Bonchev–Trinajstić information content (AvgIpc) is 2.78. The summed E-state index contributed by atoms with van der Waals surface area (Å²) in [5.41, 5.74) is 1.50. The van der Waals surface area contributed by atoms with E-state index in [9.17, 15) is 4.79 Å². The van der Waals surface area contributed by atoms with E-state index in [-0.39, 0.29) is 5.91 Å². The Balaban J connectivity index is 1.93. The molecular formula is C26H37NO4. The first kappa shape index (κ1) is 24.6. The molecule has 0 atom stereocenters. The molecule has 2 aromatic carbocycles. The number of para-hydroxylation sites is 1. The van der Waals surface area contributed by atoms with E-state index in [2.05, 4.69) is 26.1 Å². The van der Waals surface area contributed by atoms with Crippen LogP contribution in [0.5, 0.6) is 17.2 Å². The Labute approximate surface area is 187 Å². The molecule has 0 radical (unpaired) electrons. The number of rotatable bonds is 14. The van der Waals surface area contributed by atoms with Crippen molar-refractivity contribution in [2.24, 2.45) is 5.92 Å². The van der Waals surface area contributed by atoms with Gasteiger partial charge in [0.1, 0.15) is 5.75 Å². The first-order chi connectivity index (χ1) is 15.0. The molecule has 0 saturated carbocycles. The number of hydrogen-bond donors (Lipinski definition) is 1. The third-order valence-electron chi connectivity index (χ3n) is 5.02. The summed E-state index contributed by atoms with van der Waals surface area (Å²) in [6, 6.07) is 13.1. The monoisotopic (exact) mass is 427 g/mol. The van der Waals surface area contributed by atoms with Crippen LogP contribution < -0.4 is 19.5 Å². The summed E-state index contributed by atoms with van der Waals surface area (Å²) in [5.74, 6) is 2.46. The predicted octanol–water partition coefficient (Wildman–Crippen LogP) is 6.01. The number of carbonyl (C=O) groups excluding carboxylic acids is 1. The molecule has 0 aliphatic carbocycles. The minimum atomic E-state index is -0.152. The fourth-order valence-corrected chi connectivity index (χ4v) is 3.11. The van der Waals surface area contributed by atoms with Crippen LogP contribution in [0, 0.1) is 5.92 Å². The molecule has 1 amide bonds. The van der Waals surface area contributed by atoms with Crippen molar-refractivity contribution in [2.75, 3.05) is 20.3 Å². The maximum absolute atomic E-state index is 12.8. The van der Waals surface area contributed by atoms with E-state index in [0.29, 0.717) is 42.7 Å². The van der Waals surface area contributed by atoms with Gasteiger partial charge in [-0.2, -0.15) is 0 Å². The van der Waals surface area contributed by atoms with Crippen LogP contribution in [0.1, 0.15) is 68.8 Å². The zero-order valence-corrected chi connectivity index (χ0v) is 19.4. The summed E-state index contributed by atoms with van der Waals surface area (Å²) in [4.78, 5) is 12.8. The Bertz CT molecular complexity index is 804. The van der Waals surface area contributed by atoms with E-state index in [0.717, 1.165) is 30.6 Å². The Kier molecular flexibility index (Phi) is 10.8. The second-order valence-electron chi connectivity index (χ2n) is 8.10. The highest BCUT2D eigenvalue weighted by molar-refractivity contribution is 5.96. The first-order valence-electron chi connectivity index (χ1n) is 11.3. The van der Waals surface area contributed by atoms with Gasteiger partial charge in [-0.15, -0.1) is 0 Å². The lowest BCUT2D eigenvalue weighted by molar-refractivity contribution is 0.0946. The van der Waals surface area contributed by atoms with Crippen molar-refractivity contribution < 1.29 is 19.0 Å². The zero-order chi connectivity index (χ0) is 22.5. The van der Waals surface area contributed by atoms with Gasteiger partial charge in [-0.1, -0.05) is 58.2 Å². The minimum Gasteiger partial charge on any atom is -0.493 e. The van der Waals surface area contributed by atoms with Crippen molar-refractivity contribution in [3.05, 3.63) is 53.6 Å². The smallest absolute Gasteiger partial charge is 0.255 e. The van der Waals surface area contributed by atoms with Crippen molar-refractivity contribution in [3.63, 3.8) is 0 Å². The summed E-state index contributed by atoms with van der Waals surface area (Å²) >= 11 is 0. The summed E-state index contributed by atoms with van der Waals surface area (Å²) in [6.45, 7) is 8.19. The number of amides is 1. The minimum absolute atomic E-state index is 0.152. The summed E-state index contributed by atoms with van der Waals surface area (Å²) in [5, 5.41) is 2.98. The molecule has 0 heterocycles. The van der Waals surface area contributed by atoms with Crippen molar-refractivity contribution >= 4 is 5.91 Å². The van der Waals surface area contributed by atoms with Gasteiger partial charge in [-0.3, -0.25) is 4.79 Å².